The molecule has 2 nitrogen and oxygen atoms in total. The van der Waals surface area contributed by atoms with E-state index < -0.39 is 0 Å². The van der Waals surface area contributed by atoms with E-state index in [1.54, 1.807) is 0 Å². The Hall–Kier alpha value is -1.57. The van der Waals surface area contributed by atoms with Gasteiger partial charge in [-0.25, -0.2) is 0 Å². The quantitative estimate of drug-likeness (QED) is 0.689. The minimum atomic E-state index is -0.0924. The molecule has 1 aliphatic rings. The lowest BCUT2D eigenvalue weighted by molar-refractivity contribution is -0.140. The second kappa shape index (κ2) is 4.30. The Morgan fingerprint density at radius 2 is 2.07 bits per heavy atom. The summed E-state index contributed by atoms with van der Waals surface area (Å²) in [7, 11) is 0. The fourth-order valence-electron chi connectivity index (χ4n) is 1.69. The molecule has 2 atom stereocenters. The number of ether oxygens (including phenoxy) is 1. The zero-order valence-corrected chi connectivity index (χ0v) is 8.72. The van der Waals surface area contributed by atoms with Gasteiger partial charge in [0, 0.05) is 5.92 Å². The van der Waals surface area contributed by atoms with Gasteiger partial charge in [-0.05, 0) is 11.6 Å². The van der Waals surface area contributed by atoms with Crippen LogP contribution in [0.3, 0.4) is 0 Å². The van der Waals surface area contributed by atoms with E-state index in [1.807, 2.05) is 49.4 Å². The van der Waals surface area contributed by atoms with E-state index in [4.69, 9.17) is 4.74 Å². The molecule has 0 spiro atoms. The summed E-state index contributed by atoms with van der Waals surface area (Å²) in [6, 6.07) is 10.0. The van der Waals surface area contributed by atoms with E-state index >= 15 is 0 Å². The van der Waals surface area contributed by atoms with E-state index in [9.17, 15) is 4.79 Å². The van der Waals surface area contributed by atoms with Gasteiger partial charge in [0.25, 0.3) is 0 Å². The fraction of sp³-hybridized carbons (Fsp3) is 0.308. The van der Waals surface area contributed by atoms with Gasteiger partial charge in [0.2, 0.25) is 0 Å². The summed E-state index contributed by atoms with van der Waals surface area (Å²) in [6.45, 7) is 2.03. The molecule has 15 heavy (non-hydrogen) atoms. The lowest BCUT2D eigenvalue weighted by Crippen LogP contribution is -2.09. The van der Waals surface area contributed by atoms with Crippen LogP contribution in [0.25, 0.3) is 6.08 Å². The first-order valence-corrected chi connectivity index (χ1v) is 5.18. The molecule has 1 aromatic carbocycles. The molecular weight excluding hydrogens is 188 g/mol. The largest absolute Gasteiger partial charge is 0.458 e. The summed E-state index contributed by atoms with van der Waals surface area (Å²) in [5, 5.41) is 0. The van der Waals surface area contributed by atoms with E-state index in [0.717, 1.165) is 5.56 Å². The van der Waals surface area contributed by atoms with Crippen molar-refractivity contribution in [1.82, 2.24) is 0 Å². The summed E-state index contributed by atoms with van der Waals surface area (Å²) in [6.07, 6.45) is 4.44. The van der Waals surface area contributed by atoms with Crippen LogP contribution >= 0.6 is 0 Å². The highest BCUT2D eigenvalue weighted by atomic mass is 16.5. The highest BCUT2D eigenvalue weighted by Gasteiger charge is 2.28. The van der Waals surface area contributed by atoms with E-state index in [-0.39, 0.29) is 18.0 Å². The lowest BCUT2D eigenvalue weighted by atomic mass is 10.0. The topological polar surface area (TPSA) is 26.3 Å². The van der Waals surface area contributed by atoms with Crippen molar-refractivity contribution >= 4 is 12.0 Å². The van der Waals surface area contributed by atoms with Crippen LogP contribution in [0.2, 0.25) is 0 Å². The maximum Gasteiger partial charge on any atom is 0.306 e. The van der Waals surface area contributed by atoms with Gasteiger partial charge in [-0.15, -0.1) is 0 Å². The van der Waals surface area contributed by atoms with Crippen LogP contribution in [0, 0.1) is 5.92 Å². The number of esters is 1. The molecule has 0 aromatic heterocycles. The number of hydrogen-bond donors (Lipinski definition) is 0. The zero-order chi connectivity index (χ0) is 10.7. The number of hydrogen-bond acceptors (Lipinski definition) is 2. The van der Waals surface area contributed by atoms with Crippen LogP contribution in [0.4, 0.5) is 0 Å². The average molecular weight is 202 g/mol. The number of rotatable bonds is 2. The van der Waals surface area contributed by atoms with Crippen LogP contribution in [0.15, 0.2) is 36.4 Å². The van der Waals surface area contributed by atoms with Crippen LogP contribution in [0.1, 0.15) is 18.9 Å². The monoisotopic (exact) mass is 202 g/mol. The second-order valence-corrected chi connectivity index (χ2v) is 3.91. The van der Waals surface area contributed by atoms with Crippen LogP contribution < -0.4 is 0 Å². The molecule has 1 heterocycles. The van der Waals surface area contributed by atoms with E-state index in [1.165, 1.54) is 0 Å². The summed E-state index contributed by atoms with van der Waals surface area (Å²) in [5.74, 6) is 0.197. The molecule has 0 unspecified atom stereocenters. The van der Waals surface area contributed by atoms with Crippen molar-refractivity contribution in [2.24, 2.45) is 5.92 Å². The average Bonchev–Trinajstić information content (AvgIpc) is 2.56. The van der Waals surface area contributed by atoms with Crippen molar-refractivity contribution < 1.29 is 9.53 Å². The third-order valence-corrected chi connectivity index (χ3v) is 2.59. The summed E-state index contributed by atoms with van der Waals surface area (Å²) in [4.78, 5) is 11.0. The smallest absolute Gasteiger partial charge is 0.306 e. The first kappa shape index (κ1) is 9.97. The van der Waals surface area contributed by atoms with Crippen LogP contribution in [-0.4, -0.2) is 12.1 Å². The standard InChI is InChI=1S/C13H14O2/c1-10-9-13(14)15-12(10)8-7-11-5-3-2-4-6-11/h2-8,10,12H,9H2,1H3/b8-7+/t10-,12-/m0/s1. The predicted octanol–water partition coefficient (Wildman–Crippen LogP) is 2.65. The molecule has 0 bridgehead atoms. The van der Waals surface area contributed by atoms with Gasteiger partial charge in [0.1, 0.15) is 6.10 Å². The molecule has 78 valence electrons. The van der Waals surface area contributed by atoms with Crippen LogP contribution in [0.5, 0.6) is 0 Å². The Bertz CT molecular complexity index is 367. The Balaban J connectivity index is 2.03. The minimum Gasteiger partial charge on any atom is -0.458 e. The second-order valence-electron chi connectivity index (χ2n) is 3.91. The predicted molar refractivity (Wildman–Crippen MR) is 59.1 cm³/mol. The summed E-state index contributed by atoms with van der Waals surface area (Å²) in [5.41, 5.74) is 1.13. The van der Waals surface area contributed by atoms with Gasteiger partial charge in [0.05, 0.1) is 6.42 Å². The first-order valence-electron chi connectivity index (χ1n) is 5.18. The lowest BCUT2D eigenvalue weighted by Gasteiger charge is -2.07. The number of benzene rings is 1. The molecule has 1 aliphatic heterocycles. The maximum atomic E-state index is 11.0. The number of cyclic esters (lactones) is 1. The van der Waals surface area contributed by atoms with Gasteiger partial charge in [-0.3, -0.25) is 4.79 Å². The first-order chi connectivity index (χ1) is 7.25. The van der Waals surface area contributed by atoms with Gasteiger partial charge in [-0.1, -0.05) is 43.3 Å². The molecule has 0 aliphatic carbocycles. The van der Waals surface area contributed by atoms with Crippen molar-refractivity contribution in [1.29, 1.82) is 0 Å². The molecule has 0 N–H and O–H groups in total. The van der Waals surface area contributed by atoms with Crippen molar-refractivity contribution in [3.63, 3.8) is 0 Å². The van der Waals surface area contributed by atoms with Crippen molar-refractivity contribution in [3.8, 4) is 0 Å². The molecule has 0 radical (unpaired) electrons. The van der Waals surface area contributed by atoms with Gasteiger partial charge >= 0.3 is 5.97 Å². The SMILES string of the molecule is C[C@H]1CC(=O)O[C@H]1/C=C/c1ccccc1. The molecule has 0 saturated carbocycles. The van der Waals surface area contributed by atoms with Crippen molar-refractivity contribution in [3.05, 3.63) is 42.0 Å². The molecule has 2 rings (SSSR count). The third-order valence-electron chi connectivity index (χ3n) is 2.59. The Morgan fingerprint density at radius 3 is 2.67 bits per heavy atom. The Labute approximate surface area is 89.6 Å². The number of carbonyl (C=O) groups excluding carboxylic acids is 1. The van der Waals surface area contributed by atoms with Gasteiger partial charge < -0.3 is 4.74 Å². The van der Waals surface area contributed by atoms with Crippen molar-refractivity contribution in [2.45, 2.75) is 19.4 Å². The van der Waals surface area contributed by atoms with Crippen molar-refractivity contribution in [2.75, 3.05) is 0 Å². The molecule has 1 saturated heterocycles. The molecular formula is C13H14O2. The zero-order valence-electron chi connectivity index (χ0n) is 8.72. The maximum absolute atomic E-state index is 11.0. The Kier molecular flexibility index (Phi) is 2.86. The van der Waals surface area contributed by atoms with E-state index in [0.29, 0.717) is 6.42 Å². The molecule has 2 heteroatoms. The van der Waals surface area contributed by atoms with Gasteiger partial charge in [0.15, 0.2) is 0 Å². The highest BCUT2D eigenvalue weighted by molar-refractivity contribution is 5.72. The third kappa shape index (κ3) is 2.46. The van der Waals surface area contributed by atoms with E-state index in [2.05, 4.69) is 0 Å². The Morgan fingerprint density at radius 1 is 1.33 bits per heavy atom. The summed E-state index contributed by atoms with van der Waals surface area (Å²) >= 11 is 0. The summed E-state index contributed by atoms with van der Waals surface area (Å²) < 4.78 is 5.17. The van der Waals surface area contributed by atoms with Gasteiger partial charge in [-0.2, -0.15) is 0 Å². The normalized spacial score (nSPS) is 25.8. The minimum absolute atomic E-state index is 0.0577. The fourth-order valence-corrected chi connectivity index (χ4v) is 1.69. The highest BCUT2D eigenvalue weighted by Crippen LogP contribution is 2.22. The molecule has 1 aromatic rings. The number of carbonyl (C=O) groups is 1. The molecule has 1 fully saturated rings. The molecule has 0 amide bonds. The van der Waals surface area contributed by atoms with Crippen LogP contribution in [-0.2, 0) is 9.53 Å².